The number of rotatable bonds is 7. The molecule has 1 heterocycles. The van der Waals surface area contributed by atoms with Crippen molar-refractivity contribution in [2.24, 2.45) is 7.05 Å². The predicted octanol–water partition coefficient (Wildman–Crippen LogP) is 3.65. The highest BCUT2D eigenvalue weighted by Crippen LogP contribution is 2.41. The van der Waals surface area contributed by atoms with Gasteiger partial charge in [0.15, 0.2) is 17.8 Å². The third kappa shape index (κ3) is 3.24. The van der Waals surface area contributed by atoms with Gasteiger partial charge in [0.05, 0.1) is 21.3 Å². The number of carbonyl (C=O) groups is 2. The standard InChI is InChI=1S/C22H21NO5/c1-23-12-16(13-25)18-9-14(5-6-19(18)23)17(7-8-24)15-10-20(26-2)22(28-4)21(11-15)27-3/h5-13H,1-4H3/b17-7+. The number of methoxy groups -OCH3 is 3. The Morgan fingerprint density at radius 2 is 1.61 bits per heavy atom. The molecule has 0 spiro atoms. The third-order valence-electron chi connectivity index (χ3n) is 4.67. The molecule has 0 bridgehead atoms. The maximum absolute atomic E-state index is 11.4. The van der Waals surface area contributed by atoms with Crippen molar-refractivity contribution >= 4 is 29.0 Å². The van der Waals surface area contributed by atoms with E-state index in [1.807, 2.05) is 29.8 Å². The molecule has 0 atom stereocenters. The molecule has 0 aliphatic rings. The summed E-state index contributed by atoms with van der Waals surface area (Å²) in [7, 11) is 6.50. The highest BCUT2D eigenvalue weighted by Gasteiger charge is 2.17. The van der Waals surface area contributed by atoms with Gasteiger partial charge in [-0.2, -0.15) is 0 Å². The number of aldehydes is 2. The van der Waals surface area contributed by atoms with Gasteiger partial charge in [0.1, 0.15) is 6.29 Å². The number of benzene rings is 2. The molecule has 0 fully saturated rings. The Kier molecular flexibility index (Phi) is 5.49. The number of hydrogen-bond acceptors (Lipinski definition) is 5. The van der Waals surface area contributed by atoms with E-state index in [-0.39, 0.29) is 0 Å². The summed E-state index contributed by atoms with van der Waals surface area (Å²) in [5.74, 6) is 1.45. The Morgan fingerprint density at radius 1 is 0.929 bits per heavy atom. The average molecular weight is 379 g/mol. The van der Waals surface area contributed by atoms with Crippen LogP contribution in [-0.2, 0) is 11.8 Å². The quantitative estimate of drug-likeness (QED) is 0.463. The molecule has 1 aromatic heterocycles. The number of ether oxygens (including phenoxy) is 3. The molecule has 3 rings (SSSR count). The van der Waals surface area contributed by atoms with E-state index in [0.29, 0.717) is 28.4 Å². The van der Waals surface area contributed by atoms with E-state index in [0.717, 1.165) is 34.6 Å². The molecular weight excluding hydrogens is 358 g/mol. The largest absolute Gasteiger partial charge is 0.493 e. The van der Waals surface area contributed by atoms with Gasteiger partial charge in [-0.15, -0.1) is 0 Å². The maximum Gasteiger partial charge on any atom is 0.203 e. The summed E-state index contributed by atoms with van der Waals surface area (Å²) in [5, 5.41) is 0.819. The van der Waals surface area contributed by atoms with Crippen LogP contribution in [0.5, 0.6) is 17.2 Å². The molecular formula is C22H21NO5. The first-order chi connectivity index (χ1) is 13.6. The first-order valence-electron chi connectivity index (χ1n) is 8.58. The van der Waals surface area contributed by atoms with Crippen molar-refractivity contribution in [2.45, 2.75) is 0 Å². The second-order valence-electron chi connectivity index (χ2n) is 6.18. The van der Waals surface area contributed by atoms with Crippen molar-refractivity contribution in [1.82, 2.24) is 4.57 Å². The normalized spacial score (nSPS) is 11.4. The van der Waals surface area contributed by atoms with Crippen LogP contribution in [0.4, 0.5) is 0 Å². The van der Waals surface area contributed by atoms with Gasteiger partial charge < -0.3 is 18.8 Å². The number of allylic oxidation sites excluding steroid dienone is 1. The first kappa shape index (κ1) is 19.2. The van der Waals surface area contributed by atoms with Gasteiger partial charge in [0.25, 0.3) is 0 Å². The SMILES string of the molecule is COc1cc(/C(=C/C=O)c2ccc3c(c2)c(C=O)cn3C)cc(OC)c1OC. The summed E-state index contributed by atoms with van der Waals surface area (Å²) < 4.78 is 18.1. The Hall–Kier alpha value is -3.54. The molecule has 0 radical (unpaired) electrons. The summed E-state index contributed by atoms with van der Waals surface area (Å²) in [6.07, 6.45) is 4.82. The smallest absolute Gasteiger partial charge is 0.203 e. The third-order valence-corrected chi connectivity index (χ3v) is 4.67. The van der Waals surface area contributed by atoms with Gasteiger partial charge in [-0.25, -0.2) is 0 Å². The van der Waals surface area contributed by atoms with Crippen molar-refractivity contribution in [1.29, 1.82) is 0 Å². The van der Waals surface area contributed by atoms with Crippen molar-refractivity contribution in [3.63, 3.8) is 0 Å². The molecule has 0 aliphatic carbocycles. The lowest BCUT2D eigenvalue weighted by molar-refractivity contribution is -0.104. The fourth-order valence-electron chi connectivity index (χ4n) is 3.35. The molecule has 0 amide bonds. The minimum absolute atomic E-state index is 0.473. The number of nitrogens with zero attached hydrogens (tertiary/aromatic N) is 1. The average Bonchev–Trinajstić information content (AvgIpc) is 3.05. The first-order valence-corrected chi connectivity index (χ1v) is 8.58. The Morgan fingerprint density at radius 3 is 2.14 bits per heavy atom. The Balaban J connectivity index is 2.23. The van der Waals surface area contributed by atoms with Gasteiger partial charge >= 0.3 is 0 Å². The van der Waals surface area contributed by atoms with Crippen LogP contribution in [0.3, 0.4) is 0 Å². The number of aryl methyl sites for hydroxylation is 1. The number of hydrogen-bond donors (Lipinski definition) is 0. The van der Waals surface area contributed by atoms with E-state index < -0.39 is 0 Å². The van der Waals surface area contributed by atoms with Gasteiger partial charge in [0.2, 0.25) is 5.75 Å². The molecule has 0 N–H and O–H groups in total. The van der Waals surface area contributed by atoms with Crippen molar-refractivity contribution in [3.8, 4) is 17.2 Å². The fourth-order valence-corrected chi connectivity index (χ4v) is 3.35. The number of fused-ring (bicyclic) bond motifs is 1. The zero-order chi connectivity index (χ0) is 20.3. The van der Waals surface area contributed by atoms with Crippen molar-refractivity contribution in [2.75, 3.05) is 21.3 Å². The topological polar surface area (TPSA) is 66.8 Å². The highest BCUT2D eigenvalue weighted by molar-refractivity contribution is 6.00. The summed E-state index contributed by atoms with van der Waals surface area (Å²) in [5.41, 5.74) is 3.72. The molecule has 3 aromatic rings. The van der Waals surface area contributed by atoms with E-state index in [9.17, 15) is 9.59 Å². The van der Waals surface area contributed by atoms with E-state index in [1.165, 1.54) is 27.4 Å². The number of carbonyl (C=O) groups excluding carboxylic acids is 2. The molecule has 6 heteroatoms. The molecule has 0 saturated carbocycles. The van der Waals surface area contributed by atoms with E-state index in [1.54, 1.807) is 18.3 Å². The molecule has 0 unspecified atom stereocenters. The fraction of sp³-hybridized carbons (Fsp3) is 0.182. The summed E-state index contributed by atoms with van der Waals surface area (Å²) in [6.45, 7) is 0. The van der Waals surface area contributed by atoms with Gasteiger partial charge in [0, 0.05) is 29.7 Å². The van der Waals surface area contributed by atoms with Crippen LogP contribution in [-0.4, -0.2) is 38.5 Å². The summed E-state index contributed by atoms with van der Waals surface area (Å²) in [4.78, 5) is 22.8. The molecule has 6 nitrogen and oxygen atoms in total. The summed E-state index contributed by atoms with van der Waals surface area (Å²) >= 11 is 0. The Bertz CT molecular complexity index is 1050. The molecule has 2 aromatic carbocycles. The van der Waals surface area contributed by atoms with Crippen LogP contribution >= 0.6 is 0 Å². The van der Waals surface area contributed by atoms with Crippen LogP contribution in [0, 0.1) is 0 Å². The monoisotopic (exact) mass is 379 g/mol. The van der Waals surface area contributed by atoms with E-state index >= 15 is 0 Å². The summed E-state index contributed by atoms with van der Waals surface area (Å²) in [6, 6.07) is 9.31. The van der Waals surface area contributed by atoms with Crippen molar-refractivity contribution in [3.05, 3.63) is 59.3 Å². The Labute approximate surface area is 162 Å². The predicted molar refractivity (Wildman–Crippen MR) is 108 cm³/mol. The lowest BCUT2D eigenvalue weighted by Gasteiger charge is -2.16. The molecule has 0 aliphatic heterocycles. The second kappa shape index (κ2) is 8.00. The lowest BCUT2D eigenvalue weighted by atomic mass is 9.95. The van der Waals surface area contributed by atoms with Crippen LogP contribution in [0.2, 0.25) is 0 Å². The number of aromatic nitrogens is 1. The van der Waals surface area contributed by atoms with Crippen LogP contribution in [0.15, 0.2) is 42.6 Å². The van der Waals surface area contributed by atoms with E-state index in [4.69, 9.17) is 14.2 Å². The minimum atomic E-state index is 0.473. The van der Waals surface area contributed by atoms with Gasteiger partial charge in [-0.3, -0.25) is 9.59 Å². The zero-order valence-electron chi connectivity index (χ0n) is 16.2. The molecule has 28 heavy (non-hydrogen) atoms. The van der Waals surface area contributed by atoms with Crippen LogP contribution < -0.4 is 14.2 Å². The van der Waals surface area contributed by atoms with Gasteiger partial charge in [-0.1, -0.05) is 6.07 Å². The van der Waals surface area contributed by atoms with E-state index in [2.05, 4.69) is 0 Å². The van der Waals surface area contributed by atoms with Gasteiger partial charge in [-0.05, 0) is 47.0 Å². The minimum Gasteiger partial charge on any atom is -0.493 e. The maximum atomic E-state index is 11.4. The van der Waals surface area contributed by atoms with Crippen molar-refractivity contribution < 1.29 is 23.8 Å². The highest BCUT2D eigenvalue weighted by atomic mass is 16.5. The zero-order valence-corrected chi connectivity index (χ0v) is 16.2. The van der Waals surface area contributed by atoms with Crippen LogP contribution in [0.1, 0.15) is 21.5 Å². The molecule has 0 saturated heterocycles. The molecule has 144 valence electrons. The second-order valence-corrected chi connectivity index (χ2v) is 6.18. The van der Waals surface area contributed by atoms with Crippen LogP contribution in [0.25, 0.3) is 16.5 Å². The lowest BCUT2D eigenvalue weighted by Crippen LogP contribution is -1.98.